The second-order valence-corrected chi connectivity index (χ2v) is 5.91. The minimum atomic E-state index is -0.371. The molecule has 0 radical (unpaired) electrons. The first kappa shape index (κ1) is 15.5. The van der Waals surface area contributed by atoms with Crippen LogP contribution in [0.5, 0.6) is 0 Å². The molecule has 2 amide bonds. The van der Waals surface area contributed by atoms with Crippen molar-refractivity contribution in [3.8, 4) is 0 Å². The van der Waals surface area contributed by atoms with E-state index in [9.17, 15) is 9.59 Å². The fourth-order valence-corrected chi connectivity index (χ4v) is 2.99. The van der Waals surface area contributed by atoms with Crippen molar-refractivity contribution in [1.82, 2.24) is 10.6 Å². The molecule has 2 rings (SSSR count). The van der Waals surface area contributed by atoms with Gasteiger partial charge >= 0.3 is 12.0 Å². The average Bonchev–Trinajstić information content (AvgIpc) is 2.91. The van der Waals surface area contributed by atoms with E-state index in [-0.39, 0.29) is 18.5 Å². The van der Waals surface area contributed by atoms with Gasteiger partial charge in [0.05, 0.1) is 36.3 Å². The highest BCUT2D eigenvalue weighted by Gasteiger charge is 2.25. The number of hydrogen-bond donors (Lipinski definition) is 3. The van der Waals surface area contributed by atoms with Crippen molar-refractivity contribution in [3.63, 3.8) is 0 Å². The molecule has 1 aromatic rings. The van der Waals surface area contributed by atoms with E-state index < -0.39 is 0 Å². The Hall–Kier alpha value is -1.86. The maximum atomic E-state index is 11.9. The molecule has 1 aliphatic rings. The van der Waals surface area contributed by atoms with Gasteiger partial charge in [0, 0.05) is 0 Å². The van der Waals surface area contributed by atoms with Crippen LogP contribution in [0.25, 0.3) is 0 Å². The summed E-state index contributed by atoms with van der Waals surface area (Å²) in [6.07, 6.45) is 0. The van der Waals surface area contributed by atoms with E-state index in [0.717, 1.165) is 6.54 Å². The van der Waals surface area contributed by atoms with Crippen molar-refractivity contribution in [2.45, 2.75) is 13.5 Å². The number of ether oxygens (including phenoxy) is 1. The lowest BCUT2D eigenvalue weighted by Crippen LogP contribution is -3.08. The van der Waals surface area contributed by atoms with Crippen LogP contribution < -0.4 is 15.5 Å². The smallest absolute Gasteiger partial charge is 0.337 e. The summed E-state index contributed by atoms with van der Waals surface area (Å²) < 4.78 is 5.04. The Labute approximate surface area is 127 Å². The van der Waals surface area contributed by atoms with Crippen LogP contribution in [-0.4, -0.2) is 38.7 Å². The number of thiophene rings is 1. The highest BCUT2D eigenvalue weighted by Crippen LogP contribution is 2.08. The molecule has 1 aromatic heterocycles. The number of likely N-dealkylation sites (N-methyl/N-ethyl adjacent to an activating group) is 1. The van der Waals surface area contributed by atoms with Crippen molar-refractivity contribution < 1.29 is 19.2 Å². The van der Waals surface area contributed by atoms with Gasteiger partial charge in [0.2, 0.25) is 0 Å². The number of hydrogen-bond acceptors (Lipinski definition) is 4. The van der Waals surface area contributed by atoms with E-state index in [1.807, 2.05) is 18.5 Å². The van der Waals surface area contributed by atoms with Gasteiger partial charge in [-0.2, -0.15) is 0 Å². The molecule has 0 spiro atoms. The Kier molecular flexibility index (Phi) is 5.35. The Morgan fingerprint density at radius 2 is 2.29 bits per heavy atom. The number of carbonyl (C=O) groups is 2. The summed E-state index contributed by atoms with van der Waals surface area (Å²) in [5.41, 5.74) is 1.15. The number of quaternary nitrogens is 1. The molecule has 7 heteroatoms. The number of nitrogens with one attached hydrogen (secondary N) is 3. The van der Waals surface area contributed by atoms with Gasteiger partial charge in [-0.3, -0.25) is 0 Å². The number of rotatable bonds is 6. The molecule has 0 aromatic carbocycles. The summed E-state index contributed by atoms with van der Waals surface area (Å²) >= 11 is 1.70. The lowest BCUT2D eigenvalue weighted by molar-refractivity contribution is -0.888. The largest absolute Gasteiger partial charge is 0.463 e. The van der Waals surface area contributed by atoms with Crippen molar-refractivity contribution in [1.29, 1.82) is 0 Å². The first-order chi connectivity index (χ1) is 10.1. The summed E-state index contributed by atoms with van der Waals surface area (Å²) in [5, 5.41) is 7.37. The van der Waals surface area contributed by atoms with Gasteiger partial charge in [-0.25, -0.2) is 9.59 Å². The van der Waals surface area contributed by atoms with Gasteiger partial charge in [-0.15, -0.1) is 11.3 Å². The molecule has 3 N–H and O–H groups in total. The summed E-state index contributed by atoms with van der Waals surface area (Å²) in [4.78, 5) is 25.9. The Morgan fingerprint density at radius 3 is 2.95 bits per heavy atom. The monoisotopic (exact) mass is 310 g/mol. The van der Waals surface area contributed by atoms with E-state index in [1.165, 1.54) is 9.78 Å². The summed E-state index contributed by atoms with van der Waals surface area (Å²) in [6, 6.07) is 3.82. The second kappa shape index (κ2) is 7.24. The molecule has 0 saturated carbocycles. The van der Waals surface area contributed by atoms with Crippen molar-refractivity contribution in [2.75, 3.05) is 26.7 Å². The van der Waals surface area contributed by atoms with Crippen LogP contribution >= 0.6 is 11.3 Å². The molecular formula is C14H20N3O3S+. The van der Waals surface area contributed by atoms with Gasteiger partial charge < -0.3 is 20.3 Å². The Bertz CT molecular complexity index is 540. The summed E-state index contributed by atoms with van der Waals surface area (Å²) in [6.45, 7) is 3.72. The molecule has 0 bridgehead atoms. The molecule has 2 heterocycles. The Morgan fingerprint density at radius 1 is 1.48 bits per heavy atom. The SMILES string of the molecule is CCOC(=O)C1=C(C[NH+](C)Cc2cccs2)NC(=O)NC1. The standard InChI is InChI=1S/C14H19N3O3S/c1-3-20-13(18)11-7-15-14(19)16-12(11)9-17(2)8-10-5-4-6-21-10/h4-6H,3,7-9H2,1-2H3,(H2,15,16,19)/p+1. The van der Waals surface area contributed by atoms with Crippen LogP contribution in [0.3, 0.4) is 0 Å². The number of esters is 1. The molecule has 0 saturated heterocycles. The maximum absolute atomic E-state index is 11.9. The van der Waals surface area contributed by atoms with Gasteiger partial charge in [0.25, 0.3) is 0 Å². The van der Waals surface area contributed by atoms with E-state index in [2.05, 4.69) is 16.7 Å². The van der Waals surface area contributed by atoms with E-state index in [0.29, 0.717) is 24.4 Å². The predicted octanol–water partition coefficient (Wildman–Crippen LogP) is -0.107. The van der Waals surface area contributed by atoms with Gasteiger partial charge in [0.1, 0.15) is 13.1 Å². The van der Waals surface area contributed by atoms with Crippen LogP contribution in [0, 0.1) is 0 Å². The molecule has 21 heavy (non-hydrogen) atoms. The molecule has 114 valence electrons. The predicted molar refractivity (Wildman–Crippen MR) is 80.0 cm³/mol. The molecule has 1 atom stereocenters. The summed E-state index contributed by atoms with van der Waals surface area (Å²) in [7, 11) is 2.03. The maximum Gasteiger partial charge on any atom is 0.337 e. The lowest BCUT2D eigenvalue weighted by atomic mass is 10.1. The molecule has 6 nitrogen and oxygen atoms in total. The lowest BCUT2D eigenvalue weighted by Gasteiger charge is -2.23. The Balaban J connectivity index is 2.07. The number of amides is 2. The summed E-state index contributed by atoms with van der Waals surface area (Å²) in [5.74, 6) is -0.371. The zero-order valence-electron chi connectivity index (χ0n) is 12.2. The normalized spacial score (nSPS) is 16.2. The third kappa shape index (κ3) is 4.30. The van der Waals surface area contributed by atoms with Gasteiger partial charge in [0.15, 0.2) is 0 Å². The highest BCUT2D eigenvalue weighted by molar-refractivity contribution is 7.09. The second-order valence-electron chi connectivity index (χ2n) is 4.88. The quantitative estimate of drug-likeness (QED) is 0.642. The van der Waals surface area contributed by atoms with Crippen LogP contribution in [-0.2, 0) is 16.1 Å². The average molecular weight is 310 g/mol. The van der Waals surface area contributed by atoms with Crippen molar-refractivity contribution >= 4 is 23.3 Å². The van der Waals surface area contributed by atoms with E-state index >= 15 is 0 Å². The zero-order valence-corrected chi connectivity index (χ0v) is 13.0. The fourth-order valence-electron chi connectivity index (χ4n) is 2.17. The number of carbonyl (C=O) groups excluding carboxylic acids is 2. The molecular weight excluding hydrogens is 290 g/mol. The third-order valence-corrected chi connectivity index (χ3v) is 3.99. The van der Waals surface area contributed by atoms with Crippen LogP contribution in [0.4, 0.5) is 4.79 Å². The fraction of sp³-hybridized carbons (Fsp3) is 0.429. The number of urea groups is 1. The van der Waals surface area contributed by atoms with Crippen molar-refractivity contribution in [2.24, 2.45) is 0 Å². The third-order valence-electron chi connectivity index (χ3n) is 3.11. The van der Waals surface area contributed by atoms with Gasteiger partial charge in [-0.05, 0) is 18.4 Å². The van der Waals surface area contributed by atoms with E-state index in [4.69, 9.17) is 4.74 Å². The first-order valence-corrected chi connectivity index (χ1v) is 7.75. The molecule has 1 aliphatic heterocycles. The van der Waals surface area contributed by atoms with Crippen LogP contribution in [0.15, 0.2) is 28.8 Å². The van der Waals surface area contributed by atoms with Crippen LogP contribution in [0.2, 0.25) is 0 Å². The minimum Gasteiger partial charge on any atom is -0.463 e. The molecule has 0 fully saturated rings. The zero-order chi connectivity index (χ0) is 15.2. The van der Waals surface area contributed by atoms with Gasteiger partial charge in [-0.1, -0.05) is 6.07 Å². The first-order valence-electron chi connectivity index (χ1n) is 6.87. The highest BCUT2D eigenvalue weighted by atomic mass is 32.1. The van der Waals surface area contributed by atoms with E-state index in [1.54, 1.807) is 18.3 Å². The minimum absolute atomic E-state index is 0.215. The van der Waals surface area contributed by atoms with Crippen LogP contribution in [0.1, 0.15) is 11.8 Å². The van der Waals surface area contributed by atoms with Crippen molar-refractivity contribution in [3.05, 3.63) is 33.7 Å². The topological polar surface area (TPSA) is 71.9 Å². The molecule has 0 aliphatic carbocycles. The molecule has 1 unspecified atom stereocenters.